The van der Waals surface area contributed by atoms with Gasteiger partial charge in [-0.25, -0.2) is 5.43 Å². The van der Waals surface area contributed by atoms with Gasteiger partial charge in [0.05, 0.1) is 33.5 Å². The van der Waals surface area contributed by atoms with E-state index in [0.29, 0.717) is 36.2 Å². The zero-order valence-electron chi connectivity index (χ0n) is 19.3. The van der Waals surface area contributed by atoms with Crippen LogP contribution in [0.5, 0.6) is 23.0 Å². The number of carbonyl (C=O) groups is 1. The van der Waals surface area contributed by atoms with Crippen molar-refractivity contribution in [1.82, 2.24) is 5.43 Å². The van der Waals surface area contributed by atoms with Gasteiger partial charge in [0.25, 0.3) is 0 Å². The predicted molar refractivity (Wildman–Crippen MR) is 135 cm³/mol. The van der Waals surface area contributed by atoms with Gasteiger partial charge in [0.2, 0.25) is 5.91 Å². The monoisotopic (exact) mass is 526 g/mol. The van der Waals surface area contributed by atoms with Crippen LogP contribution in [0.25, 0.3) is 0 Å². The van der Waals surface area contributed by atoms with Gasteiger partial charge in [-0.15, -0.1) is 0 Å². The minimum atomic E-state index is -0.247. The van der Waals surface area contributed by atoms with E-state index in [2.05, 4.69) is 26.5 Å². The van der Waals surface area contributed by atoms with Crippen molar-refractivity contribution in [3.63, 3.8) is 0 Å². The number of ether oxygens (including phenoxy) is 4. The van der Waals surface area contributed by atoms with Gasteiger partial charge < -0.3 is 18.9 Å². The van der Waals surface area contributed by atoms with E-state index in [1.807, 2.05) is 55.5 Å². The minimum absolute atomic E-state index is 0.157. The van der Waals surface area contributed by atoms with Crippen molar-refractivity contribution in [3.05, 3.63) is 81.8 Å². The molecular formula is C26H27BrN2O5. The molecule has 0 unspecified atom stereocenters. The van der Waals surface area contributed by atoms with Crippen LogP contribution in [0.1, 0.15) is 23.6 Å². The smallest absolute Gasteiger partial charge is 0.244 e. The summed E-state index contributed by atoms with van der Waals surface area (Å²) in [4.78, 5) is 12.3. The van der Waals surface area contributed by atoms with Gasteiger partial charge in [-0.3, -0.25) is 4.79 Å². The molecule has 0 aliphatic rings. The number of halogens is 1. The lowest BCUT2D eigenvalue weighted by atomic mass is 10.1. The Morgan fingerprint density at radius 3 is 2.29 bits per heavy atom. The molecule has 0 heterocycles. The molecule has 0 spiro atoms. The molecule has 0 bridgehead atoms. The fourth-order valence-electron chi connectivity index (χ4n) is 3.13. The van der Waals surface area contributed by atoms with Gasteiger partial charge in [-0.1, -0.05) is 34.1 Å². The first-order valence-corrected chi connectivity index (χ1v) is 11.5. The third-order valence-electron chi connectivity index (χ3n) is 4.79. The fraction of sp³-hybridized carbons (Fsp3) is 0.231. The minimum Gasteiger partial charge on any atom is -0.493 e. The highest BCUT2D eigenvalue weighted by Crippen LogP contribution is 2.29. The summed E-state index contributed by atoms with van der Waals surface area (Å²) >= 11 is 3.43. The van der Waals surface area contributed by atoms with Crippen molar-refractivity contribution < 1.29 is 23.7 Å². The van der Waals surface area contributed by atoms with Gasteiger partial charge >= 0.3 is 0 Å². The topological polar surface area (TPSA) is 78.4 Å². The van der Waals surface area contributed by atoms with Gasteiger partial charge in [0, 0.05) is 4.47 Å². The van der Waals surface area contributed by atoms with E-state index < -0.39 is 0 Å². The molecule has 0 fully saturated rings. The molecule has 34 heavy (non-hydrogen) atoms. The Balaban J connectivity index is 1.59. The summed E-state index contributed by atoms with van der Waals surface area (Å²) in [6.45, 7) is 2.83. The second-order valence-electron chi connectivity index (χ2n) is 7.21. The quantitative estimate of drug-likeness (QED) is 0.276. The normalized spacial score (nSPS) is 10.7. The molecule has 1 N–H and O–H groups in total. The van der Waals surface area contributed by atoms with E-state index in [9.17, 15) is 4.79 Å². The predicted octanol–water partition coefficient (Wildman–Crippen LogP) is 5.14. The molecule has 0 saturated heterocycles. The largest absolute Gasteiger partial charge is 0.493 e. The Morgan fingerprint density at radius 2 is 1.59 bits per heavy atom. The van der Waals surface area contributed by atoms with E-state index in [1.54, 1.807) is 32.6 Å². The first kappa shape index (κ1) is 25.1. The number of hydrogen-bond donors (Lipinski definition) is 1. The van der Waals surface area contributed by atoms with Crippen molar-refractivity contribution in [3.8, 4) is 23.0 Å². The third-order valence-corrected chi connectivity index (χ3v) is 5.32. The van der Waals surface area contributed by atoms with Gasteiger partial charge in [0.1, 0.15) is 6.61 Å². The van der Waals surface area contributed by atoms with Crippen molar-refractivity contribution in [2.24, 2.45) is 5.10 Å². The maximum Gasteiger partial charge on any atom is 0.244 e. The lowest BCUT2D eigenvalue weighted by Gasteiger charge is -2.12. The van der Waals surface area contributed by atoms with Crippen LogP contribution in [-0.4, -0.2) is 32.9 Å². The number of hydrogen-bond acceptors (Lipinski definition) is 6. The molecule has 1 amide bonds. The first-order chi connectivity index (χ1) is 16.5. The van der Waals surface area contributed by atoms with Crippen molar-refractivity contribution in [2.75, 3.05) is 20.8 Å². The zero-order valence-corrected chi connectivity index (χ0v) is 20.9. The van der Waals surface area contributed by atoms with Crippen molar-refractivity contribution in [1.29, 1.82) is 0 Å². The average Bonchev–Trinajstić information content (AvgIpc) is 2.84. The standard InChI is InChI=1S/C26H27BrN2O5/c1-4-33-25-14-20(8-12-23(25)34-17-18-5-9-21(27)10-6-18)16-28-29-26(30)15-19-7-11-22(31-2)24(13-19)32-3/h5-14,16H,4,15,17H2,1-3H3,(H,29,30)/b28-16+. The van der Waals surface area contributed by atoms with E-state index in [0.717, 1.165) is 21.2 Å². The second-order valence-corrected chi connectivity index (χ2v) is 8.13. The van der Waals surface area contributed by atoms with Crippen LogP contribution in [0.3, 0.4) is 0 Å². The maximum absolute atomic E-state index is 12.3. The summed E-state index contributed by atoms with van der Waals surface area (Å²) in [5.74, 6) is 2.18. The molecule has 178 valence electrons. The summed E-state index contributed by atoms with van der Waals surface area (Å²) < 4.78 is 23.2. The number of amides is 1. The Bertz CT molecular complexity index is 1130. The molecule has 3 rings (SSSR count). The summed E-state index contributed by atoms with van der Waals surface area (Å²) in [6, 6.07) is 18.8. The van der Waals surface area contributed by atoms with Crippen LogP contribution in [0, 0.1) is 0 Å². The number of methoxy groups -OCH3 is 2. The number of hydrazone groups is 1. The molecule has 3 aromatic rings. The van der Waals surface area contributed by atoms with Crippen LogP contribution in [0.2, 0.25) is 0 Å². The number of carbonyl (C=O) groups excluding carboxylic acids is 1. The van der Waals surface area contributed by atoms with Crippen LogP contribution in [0.4, 0.5) is 0 Å². The van der Waals surface area contributed by atoms with Crippen LogP contribution >= 0.6 is 15.9 Å². The van der Waals surface area contributed by atoms with Crippen molar-refractivity contribution >= 4 is 28.1 Å². The molecule has 0 atom stereocenters. The van der Waals surface area contributed by atoms with E-state index in [1.165, 1.54) is 0 Å². The number of nitrogens with zero attached hydrogens (tertiary/aromatic N) is 1. The molecule has 0 radical (unpaired) electrons. The summed E-state index contributed by atoms with van der Waals surface area (Å²) in [6.07, 6.45) is 1.72. The molecular weight excluding hydrogens is 500 g/mol. The molecule has 7 nitrogen and oxygen atoms in total. The second kappa shape index (κ2) is 12.6. The SMILES string of the molecule is CCOc1cc(/C=N/NC(=O)Cc2ccc(OC)c(OC)c2)ccc1OCc1ccc(Br)cc1. The molecule has 0 aliphatic heterocycles. The first-order valence-electron chi connectivity index (χ1n) is 10.7. The number of benzene rings is 3. The van der Waals surface area contributed by atoms with E-state index in [4.69, 9.17) is 18.9 Å². The summed E-state index contributed by atoms with van der Waals surface area (Å²) in [5, 5.41) is 4.07. The summed E-state index contributed by atoms with van der Waals surface area (Å²) in [5.41, 5.74) is 5.15. The van der Waals surface area contributed by atoms with Crippen LogP contribution < -0.4 is 24.4 Å². The van der Waals surface area contributed by atoms with Gasteiger partial charge in [-0.05, 0) is 66.1 Å². The Hall–Kier alpha value is -3.52. The summed E-state index contributed by atoms with van der Waals surface area (Å²) in [7, 11) is 3.12. The molecule has 0 aliphatic carbocycles. The lowest BCUT2D eigenvalue weighted by Crippen LogP contribution is -2.19. The highest BCUT2D eigenvalue weighted by Gasteiger charge is 2.09. The average molecular weight is 527 g/mol. The Kier molecular flexibility index (Phi) is 9.34. The third kappa shape index (κ3) is 7.25. The van der Waals surface area contributed by atoms with E-state index >= 15 is 0 Å². The molecule has 0 aromatic heterocycles. The Morgan fingerprint density at radius 1 is 0.882 bits per heavy atom. The zero-order chi connectivity index (χ0) is 24.3. The van der Waals surface area contributed by atoms with Gasteiger partial charge in [-0.2, -0.15) is 5.10 Å². The molecule has 8 heteroatoms. The van der Waals surface area contributed by atoms with Crippen LogP contribution in [-0.2, 0) is 17.8 Å². The highest BCUT2D eigenvalue weighted by molar-refractivity contribution is 9.10. The Labute approximate surface area is 207 Å². The van der Waals surface area contributed by atoms with Crippen LogP contribution in [0.15, 0.2) is 70.2 Å². The number of rotatable bonds is 11. The fourth-order valence-corrected chi connectivity index (χ4v) is 3.39. The molecule has 3 aromatic carbocycles. The number of nitrogens with one attached hydrogen (secondary N) is 1. The maximum atomic E-state index is 12.3. The van der Waals surface area contributed by atoms with Crippen molar-refractivity contribution in [2.45, 2.75) is 20.0 Å². The highest BCUT2D eigenvalue weighted by atomic mass is 79.9. The van der Waals surface area contributed by atoms with E-state index in [-0.39, 0.29) is 12.3 Å². The van der Waals surface area contributed by atoms with Gasteiger partial charge in [0.15, 0.2) is 23.0 Å². The molecule has 0 saturated carbocycles. The lowest BCUT2D eigenvalue weighted by molar-refractivity contribution is -0.120.